The number of aliphatic carboxylic acids is 1. The summed E-state index contributed by atoms with van der Waals surface area (Å²) in [6.45, 7) is 0.689. The van der Waals surface area contributed by atoms with Gasteiger partial charge in [0.15, 0.2) is 0 Å². The Labute approximate surface area is 238 Å². The molecule has 0 bridgehead atoms. The molecule has 0 aliphatic rings. The topological polar surface area (TPSA) is 86.7 Å². The van der Waals surface area contributed by atoms with E-state index in [0.29, 0.717) is 28.8 Å². The Balaban J connectivity index is 1.44. The van der Waals surface area contributed by atoms with E-state index in [0.717, 1.165) is 21.9 Å². The van der Waals surface area contributed by atoms with Gasteiger partial charge in [-0.15, -0.1) is 0 Å². The van der Waals surface area contributed by atoms with Crippen molar-refractivity contribution in [3.05, 3.63) is 144 Å². The van der Waals surface area contributed by atoms with Crippen molar-refractivity contribution in [3.63, 3.8) is 0 Å². The molecule has 0 atom stereocenters. The lowest BCUT2D eigenvalue weighted by Gasteiger charge is -2.24. The molecule has 0 aromatic heterocycles. The zero-order valence-electron chi connectivity index (χ0n) is 22.5. The molecule has 5 aromatic rings. The molecule has 2 N–H and O–H groups in total. The quantitative estimate of drug-likeness (QED) is 0.209. The van der Waals surface area contributed by atoms with E-state index in [9.17, 15) is 19.5 Å². The van der Waals surface area contributed by atoms with Crippen molar-refractivity contribution in [2.24, 2.45) is 0 Å². The Kier molecular flexibility index (Phi) is 8.50. The Hall–Kier alpha value is -5.23. The highest BCUT2D eigenvalue weighted by Gasteiger charge is 2.23. The van der Waals surface area contributed by atoms with E-state index in [-0.39, 0.29) is 31.3 Å². The van der Waals surface area contributed by atoms with Crippen molar-refractivity contribution < 1.29 is 19.5 Å². The summed E-state index contributed by atoms with van der Waals surface area (Å²) in [7, 11) is 0. The maximum Gasteiger partial charge on any atom is 0.305 e. The van der Waals surface area contributed by atoms with Gasteiger partial charge < -0.3 is 15.3 Å². The highest BCUT2D eigenvalue weighted by molar-refractivity contribution is 6.06. The minimum absolute atomic E-state index is 0.0601. The third-order valence-electron chi connectivity index (χ3n) is 7.04. The van der Waals surface area contributed by atoms with E-state index < -0.39 is 5.97 Å². The molecule has 204 valence electrons. The highest BCUT2D eigenvalue weighted by Crippen LogP contribution is 2.29. The zero-order valence-corrected chi connectivity index (χ0v) is 22.5. The van der Waals surface area contributed by atoms with Gasteiger partial charge in [0, 0.05) is 30.8 Å². The van der Waals surface area contributed by atoms with Crippen LogP contribution in [0.5, 0.6) is 0 Å². The molecule has 6 nitrogen and oxygen atoms in total. The van der Waals surface area contributed by atoms with E-state index >= 15 is 0 Å². The van der Waals surface area contributed by atoms with Crippen LogP contribution in [0, 0.1) is 0 Å². The lowest BCUT2D eigenvalue weighted by atomic mass is 9.94. The minimum Gasteiger partial charge on any atom is -0.481 e. The second kappa shape index (κ2) is 12.7. The first-order chi connectivity index (χ1) is 20.0. The summed E-state index contributed by atoms with van der Waals surface area (Å²) in [6, 6.07) is 37.9. The first kappa shape index (κ1) is 27.3. The SMILES string of the molecule is O=C(O)CCN(Cc1ccccc1)C(=O)c1ccccc1-c1ccccc1C(=O)NCc1cccc2ccccc12. The van der Waals surface area contributed by atoms with Gasteiger partial charge in [-0.1, -0.05) is 109 Å². The number of nitrogens with zero attached hydrogens (tertiary/aromatic N) is 1. The van der Waals surface area contributed by atoms with Gasteiger partial charge in [-0.25, -0.2) is 0 Å². The Morgan fingerprint density at radius 2 is 1.27 bits per heavy atom. The largest absolute Gasteiger partial charge is 0.481 e. The third kappa shape index (κ3) is 6.50. The molecule has 0 fully saturated rings. The van der Waals surface area contributed by atoms with Gasteiger partial charge in [-0.2, -0.15) is 0 Å². The summed E-state index contributed by atoms with van der Waals surface area (Å²) in [5, 5.41) is 14.6. The standard InChI is InChI=1S/C35H30N2O4/c38-33(39)21-22-37(24-25-11-2-1-3-12-25)35(41)32-20-9-7-18-30(32)29-17-6-8-19-31(29)34(40)36-23-27-15-10-14-26-13-4-5-16-28(26)27/h1-20H,21-24H2,(H,36,40)(H,38,39). The van der Waals surface area contributed by atoms with Crippen LogP contribution in [0.4, 0.5) is 0 Å². The molecule has 5 rings (SSSR count). The molecule has 0 aliphatic carbocycles. The number of nitrogens with one attached hydrogen (secondary N) is 1. The fraction of sp³-hybridized carbons (Fsp3) is 0.114. The predicted octanol–water partition coefficient (Wildman–Crippen LogP) is 6.55. The van der Waals surface area contributed by atoms with E-state index in [1.54, 1.807) is 29.2 Å². The third-order valence-corrected chi connectivity index (χ3v) is 7.04. The van der Waals surface area contributed by atoms with Crippen LogP contribution >= 0.6 is 0 Å². The monoisotopic (exact) mass is 542 g/mol. The number of hydrogen-bond acceptors (Lipinski definition) is 3. The molecule has 5 aromatic carbocycles. The van der Waals surface area contributed by atoms with Gasteiger partial charge in [-0.3, -0.25) is 14.4 Å². The number of fused-ring (bicyclic) bond motifs is 1. The maximum absolute atomic E-state index is 13.9. The lowest BCUT2D eigenvalue weighted by Crippen LogP contribution is -2.33. The lowest BCUT2D eigenvalue weighted by molar-refractivity contribution is -0.137. The highest BCUT2D eigenvalue weighted by atomic mass is 16.4. The fourth-order valence-electron chi connectivity index (χ4n) is 4.99. The van der Waals surface area contributed by atoms with Gasteiger partial charge in [0.25, 0.3) is 11.8 Å². The summed E-state index contributed by atoms with van der Waals surface area (Å²) in [5.41, 5.74) is 4.01. The summed E-state index contributed by atoms with van der Waals surface area (Å²) >= 11 is 0. The van der Waals surface area contributed by atoms with Crippen LogP contribution in [0.1, 0.15) is 38.3 Å². The molecule has 2 amide bonds. The first-order valence-electron chi connectivity index (χ1n) is 13.5. The van der Waals surface area contributed by atoms with Crippen LogP contribution in [0.25, 0.3) is 21.9 Å². The minimum atomic E-state index is -0.975. The van der Waals surface area contributed by atoms with Crippen LogP contribution in [0.15, 0.2) is 121 Å². The average molecular weight is 543 g/mol. The van der Waals surface area contributed by atoms with Crippen molar-refractivity contribution in [1.29, 1.82) is 0 Å². The van der Waals surface area contributed by atoms with Gasteiger partial charge in [-0.05, 0) is 45.2 Å². The predicted molar refractivity (Wildman–Crippen MR) is 160 cm³/mol. The molecule has 6 heteroatoms. The molecule has 0 saturated carbocycles. The summed E-state index contributed by atoms with van der Waals surface area (Å²) in [5.74, 6) is -1.52. The molecule has 0 spiro atoms. The van der Waals surface area contributed by atoms with Crippen molar-refractivity contribution in [2.45, 2.75) is 19.5 Å². The maximum atomic E-state index is 13.9. The number of rotatable bonds is 10. The van der Waals surface area contributed by atoms with Crippen molar-refractivity contribution in [3.8, 4) is 11.1 Å². The van der Waals surface area contributed by atoms with E-state index in [1.165, 1.54) is 0 Å². The Morgan fingerprint density at radius 1 is 0.659 bits per heavy atom. The van der Waals surface area contributed by atoms with Crippen LogP contribution < -0.4 is 5.32 Å². The van der Waals surface area contributed by atoms with E-state index in [4.69, 9.17) is 0 Å². The fourth-order valence-corrected chi connectivity index (χ4v) is 4.99. The van der Waals surface area contributed by atoms with E-state index in [1.807, 2.05) is 97.1 Å². The van der Waals surface area contributed by atoms with Crippen molar-refractivity contribution >= 4 is 28.6 Å². The zero-order chi connectivity index (χ0) is 28.6. The van der Waals surface area contributed by atoms with Crippen LogP contribution in [-0.2, 0) is 17.9 Å². The first-order valence-corrected chi connectivity index (χ1v) is 13.5. The Morgan fingerprint density at radius 3 is 2.02 bits per heavy atom. The Bertz CT molecular complexity index is 1690. The molecular formula is C35H30N2O4. The number of carbonyl (C=O) groups is 3. The average Bonchev–Trinajstić information content (AvgIpc) is 3.02. The number of carboxylic acids is 1. The molecule has 0 heterocycles. The second-order valence-corrected chi connectivity index (χ2v) is 9.77. The van der Waals surface area contributed by atoms with Crippen molar-refractivity contribution in [1.82, 2.24) is 10.2 Å². The summed E-state index contributed by atoms with van der Waals surface area (Å²) in [6.07, 6.45) is -0.173. The molecule has 0 radical (unpaired) electrons. The molecule has 0 aliphatic heterocycles. The smallest absolute Gasteiger partial charge is 0.305 e. The van der Waals surface area contributed by atoms with E-state index in [2.05, 4.69) is 5.32 Å². The van der Waals surface area contributed by atoms with Crippen LogP contribution in [-0.4, -0.2) is 34.3 Å². The van der Waals surface area contributed by atoms with Crippen molar-refractivity contribution in [2.75, 3.05) is 6.54 Å². The van der Waals surface area contributed by atoms with Crippen LogP contribution in [0.3, 0.4) is 0 Å². The molecule has 0 saturated heterocycles. The van der Waals surface area contributed by atoms with Gasteiger partial charge in [0.1, 0.15) is 0 Å². The number of amides is 2. The number of hydrogen-bond donors (Lipinski definition) is 2. The summed E-state index contributed by atoms with van der Waals surface area (Å²) in [4.78, 5) is 40.3. The van der Waals surface area contributed by atoms with Gasteiger partial charge in [0.2, 0.25) is 0 Å². The molecular weight excluding hydrogens is 512 g/mol. The van der Waals surface area contributed by atoms with Gasteiger partial charge in [0.05, 0.1) is 6.42 Å². The second-order valence-electron chi connectivity index (χ2n) is 9.77. The number of benzene rings is 5. The van der Waals surface area contributed by atoms with Gasteiger partial charge >= 0.3 is 5.97 Å². The molecule has 41 heavy (non-hydrogen) atoms. The number of carbonyl (C=O) groups excluding carboxylic acids is 2. The molecule has 0 unspecified atom stereocenters. The number of carboxylic acid groups (broad SMARTS) is 1. The summed E-state index contributed by atoms with van der Waals surface area (Å²) < 4.78 is 0. The van der Waals surface area contributed by atoms with Crippen LogP contribution in [0.2, 0.25) is 0 Å². The normalized spacial score (nSPS) is 10.7.